The minimum Gasteiger partial charge on any atom is -0.493 e. The van der Waals surface area contributed by atoms with Crippen molar-refractivity contribution in [1.82, 2.24) is 5.32 Å². The van der Waals surface area contributed by atoms with Gasteiger partial charge < -0.3 is 10.1 Å². The topological polar surface area (TPSA) is 21.3 Å². The van der Waals surface area contributed by atoms with Crippen LogP contribution in [0.3, 0.4) is 0 Å². The molecule has 100 valence electrons. The molecule has 1 aromatic heterocycles. The van der Waals surface area contributed by atoms with E-state index in [0.717, 1.165) is 38.3 Å². The molecule has 0 aliphatic carbocycles. The monoisotopic (exact) mass is 273 g/mol. The average molecular weight is 273 g/mol. The first-order chi connectivity index (χ1) is 9.33. The first kappa shape index (κ1) is 12.7. The Hall–Kier alpha value is -1.32. The first-order valence-electron chi connectivity index (χ1n) is 6.81. The van der Waals surface area contributed by atoms with Crippen molar-refractivity contribution in [3.05, 3.63) is 51.2 Å². The molecule has 2 nitrogen and oxygen atoms in total. The van der Waals surface area contributed by atoms with Crippen molar-refractivity contribution in [2.45, 2.75) is 26.3 Å². The van der Waals surface area contributed by atoms with Crippen molar-refractivity contribution in [1.29, 1.82) is 0 Å². The summed E-state index contributed by atoms with van der Waals surface area (Å²) < 4.78 is 5.53. The standard InChI is InChI=1S/C16H19NOS/c1-12-6-9-19-16(12)11-17-7-4-13-2-3-15-14(10-13)5-8-18-15/h2-3,6,9-10,17H,4-5,7-8,11H2,1H3. The van der Waals surface area contributed by atoms with Gasteiger partial charge in [-0.25, -0.2) is 0 Å². The van der Waals surface area contributed by atoms with Gasteiger partial charge >= 0.3 is 0 Å². The van der Waals surface area contributed by atoms with Gasteiger partial charge in [-0.05, 0) is 54.1 Å². The Kier molecular flexibility index (Phi) is 3.85. The fraction of sp³-hybridized carbons (Fsp3) is 0.375. The molecule has 0 fully saturated rings. The Balaban J connectivity index is 1.49. The molecule has 0 spiro atoms. The van der Waals surface area contributed by atoms with Crippen LogP contribution in [0.1, 0.15) is 21.6 Å². The molecular weight excluding hydrogens is 254 g/mol. The summed E-state index contributed by atoms with van der Waals surface area (Å²) >= 11 is 1.83. The number of nitrogens with one attached hydrogen (secondary N) is 1. The number of benzene rings is 1. The summed E-state index contributed by atoms with van der Waals surface area (Å²) in [5, 5.41) is 5.68. The third-order valence-electron chi connectivity index (χ3n) is 3.60. The normalized spacial score (nSPS) is 13.3. The highest BCUT2D eigenvalue weighted by Crippen LogP contribution is 2.25. The van der Waals surface area contributed by atoms with Gasteiger partial charge in [-0.1, -0.05) is 12.1 Å². The van der Waals surface area contributed by atoms with Crippen LogP contribution in [0, 0.1) is 6.92 Å². The van der Waals surface area contributed by atoms with E-state index in [0.29, 0.717) is 0 Å². The van der Waals surface area contributed by atoms with Crippen molar-refractivity contribution < 1.29 is 4.74 Å². The minimum absolute atomic E-state index is 0.842. The van der Waals surface area contributed by atoms with Crippen molar-refractivity contribution >= 4 is 11.3 Å². The summed E-state index contributed by atoms with van der Waals surface area (Å²) in [6.07, 6.45) is 2.14. The molecule has 0 atom stereocenters. The zero-order chi connectivity index (χ0) is 13.1. The quantitative estimate of drug-likeness (QED) is 0.844. The van der Waals surface area contributed by atoms with Gasteiger partial charge in [-0.2, -0.15) is 0 Å². The minimum atomic E-state index is 0.842. The summed E-state index contributed by atoms with van der Waals surface area (Å²) in [6, 6.07) is 8.77. The zero-order valence-electron chi connectivity index (χ0n) is 11.2. The van der Waals surface area contributed by atoms with E-state index >= 15 is 0 Å². The van der Waals surface area contributed by atoms with Crippen molar-refractivity contribution in [3.8, 4) is 5.75 Å². The summed E-state index contributed by atoms with van der Waals surface area (Å²) in [5.41, 5.74) is 4.17. The van der Waals surface area contributed by atoms with Gasteiger partial charge in [0.05, 0.1) is 6.61 Å². The van der Waals surface area contributed by atoms with Gasteiger partial charge in [-0.3, -0.25) is 0 Å². The SMILES string of the molecule is Cc1ccsc1CNCCc1ccc2c(c1)CCO2. The highest BCUT2D eigenvalue weighted by molar-refractivity contribution is 7.10. The van der Waals surface area contributed by atoms with Gasteiger partial charge in [0.15, 0.2) is 0 Å². The Morgan fingerprint density at radius 2 is 2.26 bits per heavy atom. The molecule has 0 radical (unpaired) electrons. The van der Waals surface area contributed by atoms with Crippen LogP contribution in [-0.4, -0.2) is 13.2 Å². The van der Waals surface area contributed by atoms with Crippen molar-refractivity contribution in [2.75, 3.05) is 13.2 Å². The van der Waals surface area contributed by atoms with E-state index in [4.69, 9.17) is 4.74 Å². The van der Waals surface area contributed by atoms with Crippen LogP contribution in [0.25, 0.3) is 0 Å². The second-order valence-corrected chi connectivity index (χ2v) is 5.99. The van der Waals surface area contributed by atoms with E-state index < -0.39 is 0 Å². The maximum atomic E-state index is 5.53. The number of thiophene rings is 1. The third-order valence-corrected chi connectivity index (χ3v) is 4.62. The van der Waals surface area contributed by atoms with Gasteiger partial charge in [-0.15, -0.1) is 11.3 Å². The van der Waals surface area contributed by atoms with E-state index in [2.05, 4.69) is 41.9 Å². The molecule has 0 saturated carbocycles. The molecule has 2 aromatic rings. The maximum Gasteiger partial charge on any atom is 0.122 e. The molecule has 0 amide bonds. The molecule has 1 N–H and O–H groups in total. The second kappa shape index (κ2) is 5.76. The van der Waals surface area contributed by atoms with Crippen LogP contribution in [0.5, 0.6) is 5.75 Å². The highest BCUT2D eigenvalue weighted by Gasteiger charge is 2.11. The van der Waals surface area contributed by atoms with E-state index in [9.17, 15) is 0 Å². The van der Waals surface area contributed by atoms with E-state index in [-0.39, 0.29) is 0 Å². The molecule has 2 heterocycles. The Morgan fingerprint density at radius 1 is 1.32 bits per heavy atom. The van der Waals surface area contributed by atoms with Gasteiger partial charge in [0.2, 0.25) is 0 Å². The number of hydrogen-bond donors (Lipinski definition) is 1. The van der Waals surface area contributed by atoms with Gasteiger partial charge in [0.1, 0.15) is 5.75 Å². The lowest BCUT2D eigenvalue weighted by molar-refractivity contribution is 0.357. The number of rotatable bonds is 5. The van der Waals surface area contributed by atoms with Gasteiger partial charge in [0.25, 0.3) is 0 Å². The van der Waals surface area contributed by atoms with E-state index in [1.165, 1.54) is 21.6 Å². The summed E-state index contributed by atoms with van der Waals surface area (Å²) in [4.78, 5) is 1.45. The molecule has 19 heavy (non-hydrogen) atoms. The molecule has 3 rings (SSSR count). The number of hydrogen-bond acceptors (Lipinski definition) is 3. The van der Waals surface area contributed by atoms with Crippen LogP contribution in [0.2, 0.25) is 0 Å². The number of ether oxygens (including phenoxy) is 1. The van der Waals surface area contributed by atoms with E-state index in [1.807, 2.05) is 11.3 Å². The summed E-state index contributed by atoms with van der Waals surface area (Å²) in [7, 11) is 0. The maximum absolute atomic E-state index is 5.53. The van der Waals surface area contributed by atoms with Crippen LogP contribution < -0.4 is 10.1 Å². The third kappa shape index (κ3) is 2.99. The molecule has 1 aliphatic rings. The van der Waals surface area contributed by atoms with Crippen molar-refractivity contribution in [3.63, 3.8) is 0 Å². The average Bonchev–Trinajstić information content (AvgIpc) is 3.03. The predicted octanol–water partition coefficient (Wildman–Crippen LogP) is 3.32. The lowest BCUT2D eigenvalue weighted by Crippen LogP contribution is -2.16. The smallest absolute Gasteiger partial charge is 0.122 e. The first-order valence-corrected chi connectivity index (χ1v) is 7.69. The van der Waals surface area contributed by atoms with E-state index in [1.54, 1.807) is 0 Å². The predicted molar refractivity (Wildman–Crippen MR) is 80.1 cm³/mol. The fourth-order valence-corrected chi connectivity index (χ4v) is 3.29. The molecular formula is C16H19NOS. The Bertz CT molecular complexity index is 562. The fourth-order valence-electron chi connectivity index (χ4n) is 2.42. The molecule has 0 bridgehead atoms. The van der Waals surface area contributed by atoms with Gasteiger partial charge in [0, 0.05) is 17.8 Å². The molecule has 1 aromatic carbocycles. The lowest BCUT2D eigenvalue weighted by atomic mass is 10.1. The van der Waals surface area contributed by atoms with Crippen LogP contribution in [0.15, 0.2) is 29.6 Å². The molecule has 3 heteroatoms. The second-order valence-electron chi connectivity index (χ2n) is 4.99. The highest BCUT2D eigenvalue weighted by atomic mass is 32.1. The molecule has 1 aliphatic heterocycles. The van der Waals surface area contributed by atoms with Crippen LogP contribution in [0.4, 0.5) is 0 Å². The lowest BCUT2D eigenvalue weighted by Gasteiger charge is -2.06. The zero-order valence-corrected chi connectivity index (χ0v) is 12.1. The largest absolute Gasteiger partial charge is 0.493 e. The number of fused-ring (bicyclic) bond motifs is 1. The Morgan fingerprint density at radius 3 is 3.11 bits per heavy atom. The molecule has 0 unspecified atom stereocenters. The Labute approximate surface area is 118 Å². The van der Waals surface area contributed by atoms with Crippen molar-refractivity contribution in [2.24, 2.45) is 0 Å². The number of aryl methyl sites for hydroxylation is 1. The van der Waals surface area contributed by atoms with Crippen LogP contribution >= 0.6 is 11.3 Å². The molecule has 0 saturated heterocycles. The summed E-state index contributed by atoms with van der Waals surface area (Å²) in [5.74, 6) is 1.07. The summed E-state index contributed by atoms with van der Waals surface area (Å²) in [6.45, 7) is 5.03. The van der Waals surface area contributed by atoms with Crippen LogP contribution in [-0.2, 0) is 19.4 Å².